The van der Waals surface area contributed by atoms with E-state index >= 15 is 0 Å². The topological polar surface area (TPSA) is 104 Å². The van der Waals surface area contributed by atoms with Gasteiger partial charge in [0, 0.05) is 14.5 Å². The Balaban J connectivity index is 0.000000491. The molecule has 0 spiro atoms. The van der Waals surface area contributed by atoms with Crippen LogP contribution in [0.4, 0.5) is 0 Å². The highest BCUT2D eigenvalue weighted by molar-refractivity contribution is 9.10. The van der Waals surface area contributed by atoms with Crippen molar-refractivity contribution in [2.75, 3.05) is 0 Å². The zero-order valence-corrected chi connectivity index (χ0v) is 19.8. The average Bonchev–Trinajstić information content (AvgIpc) is 2.74. The molecule has 1 heterocycles. The molecule has 0 atom stereocenters. The van der Waals surface area contributed by atoms with Gasteiger partial charge in [0.15, 0.2) is 0 Å². The first-order chi connectivity index (χ1) is 14.7. The van der Waals surface area contributed by atoms with Crippen molar-refractivity contribution in [3.8, 4) is 33.8 Å². The molecule has 4 rings (SSSR count). The summed E-state index contributed by atoms with van der Waals surface area (Å²) in [6.07, 6.45) is 0. The third kappa shape index (κ3) is 7.52. The third-order valence-corrected chi connectivity index (χ3v) is 5.22. The van der Waals surface area contributed by atoms with Gasteiger partial charge in [-0.3, -0.25) is 0 Å². The van der Waals surface area contributed by atoms with E-state index in [2.05, 4.69) is 92.5 Å². The van der Waals surface area contributed by atoms with Gasteiger partial charge in [-0.05, 0) is 54.1 Å². The molecule has 0 aliphatic heterocycles. The lowest BCUT2D eigenvalue weighted by Gasteiger charge is -2.17. The van der Waals surface area contributed by atoms with E-state index in [9.17, 15) is 0 Å². The second kappa shape index (κ2) is 10.5. The number of hydrogen-bond donors (Lipinski definition) is 0. The molecule has 0 bridgehead atoms. The summed E-state index contributed by atoms with van der Waals surface area (Å²) >= 11 is 6.98. The van der Waals surface area contributed by atoms with Gasteiger partial charge in [-0.2, -0.15) is 0 Å². The lowest BCUT2D eigenvalue weighted by atomic mass is 10.0. The molecule has 0 saturated carbocycles. The predicted molar refractivity (Wildman–Crippen MR) is 115 cm³/mol. The molecule has 0 saturated heterocycles. The van der Waals surface area contributed by atoms with Gasteiger partial charge < -0.3 is 0 Å². The molecule has 0 aliphatic carbocycles. The Morgan fingerprint density at radius 1 is 0.516 bits per heavy atom. The lowest BCUT2D eigenvalue weighted by Crippen LogP contribution is -2.68. The average molecular weight is 567 g/mol. The van der Waals surface area contributed by atoms with Crippen LogP contribution in [0, 0.1) is 10.2 Å². The first-order valence-corrected chi connectivity index (χ1v) is 11.7. The minimum atomic E-state index is -4.94. The fraction of sp³-hybridized carbons (Fsp3) is 0. The van der Waals surface area contributed by atoms with Crippen molar-refractivity contribution in [1.82, 2.24) is 0 Å². The van der Waals surface area contributed by atoms with Crippen molar-refractivity contribution < 1.29 is 33.3 Å². The normalized spacial score (nSPS) is 10.9. The van der Waals surface area contributed by atoms with Crippen molar-refractivity contribution in [3.05, 3.63) is 99.9 Å². The Kier molecular flexibility index (Phi) is 7.96. The Hall–Kier alpha value is -2.10. The van der Waals surface area contributed by atoms with Gasteiger partial charge in [-0.15, -0.1) is 10.2 Å². The number of benzene rings is 3. The smallest absolute Gasteiger partial charge is 0.222 e. The van der Waals surface area contributed by atoms with Gasteiger partial charge in [0.25, 0.3) is 0 Å². The van der Waals surface area contributed by atoms with E-state index in [-0.39, 0.29) is 0 Å². The van der Waals surface area contributed by atoms with Crippen LogP contribution in [0.1, 0.15) is 0 Å². The number of rotatable bonds is 3. The molecule has 158 valence electrons. The van der Waals surface area contributed by atoms with Crippen molar-refractivity contribution in [3.63, 3.8) is 0 Å². The molecule has 0 N–H and O–H groups in total. The first kappa shape index (κ1) is 23.6. The van der Waals surface area contributed by atoms with Crippen molar-refractivity contribution >= 4 is 31.9 Å². The molecule has 3 aromatic carbocycles. The van der Waals surface area contributed by atoms with Crippen molar-refractivity contribution in [1.29, 1.82) is 0 Å². The molecule has 0 aliphatic rings. The molecule has 1 aromatic heterocycles. The second-order valence-electron chi connectivity index (χ2n) is 6.33. The first-order valence-electron chi connectivity index (χ1n) is 8.86. The summed E-state index contributed by atoms with van der Waals surface area (Å²) in [5.41, 5.74) is 4.39. The quantitative estimate of drug-likeness (QED) is 0.354. The molecule has 5 nitrogen and oxygen atoms in total. The summed E-state index contributed by atoms with van der Waals surface area (Å²) in [5.74, 6) is 1.69. The van der Waals surface area contributed by atoms with E-state index in [1.807, 2.05) is 30.3 Å². The maximum atomic E-state index is 8.49. The highest BCUT2D eigenvalue weighted by Crippen LogP contribution is 2.33. The largest absolute Gasteiger partial charge is 0.361 e. The maximum Gasteiger partial charge on any atom is 0.361 e. The molecular formula is C23H15Br2ClO5. The van der Waals surface area contributed by atoms with Crippen LogP contribution >= 0.6 is 31.9 Å². The summed E-state index contributed by atoms with van der Waals surface area (Å²) in [6.45, 7) is 0. The molecule has 0 radical (unpaired) electrons. The van der Waals surface area contributed by atoms with Crippen LogP contribution in [0.15, 0.2) is 104 Å². The van der Waals surface area contributed by atoms with Gasteiger partial charge in [0.2, 0.25) is 0 Å². The standard InChI is InChI=1S/C23H15Br2O.ClHO4/c24-20-10-6-17(7-11-20)22-14-19(16-4-2-1-3-5-16)15-23(26-22)18-8-12-21(25)13-9-18;2-1(3,4)5/h1-15H;(H,2,3,4,5)/q+1;/p-1. The van der Waals surface area contributed by atoms with E-state index in [1.165, 1.54) is 5.56 Å². The van der Waals surface area contributed by atoms with Crippen LogP contribution in [0.3, 0.4) is 0 Å². The highest BCUT2D eigenvalue weighted by atomic mass is 79.9. The molecule has 31 heavy (non-hydrogen) atoms. The Labute approximate surface area is 198 Å². The molecule has 4 aromatic rings. The summed E-state index contributed by atoms with van der Waals surface area (Å²) in [6, 6.07) is 30.9. The van der Waals surface area contributed by atoms with Crippen LogP contribution in [-0.2, 0) is 0 Å². The SMILES string of the molecule is Brc1ccc(-c2cc(-c3ccccc3)cc(-c3ccc(Br)cc3)[o+]2)cc1.[O-][Cl+3]([O-])([O-])[O-]. The zero-order chi connectivity index (χ0) is 22.4. The van der Waals surface area contributed by atoms with Gasteiger partial charge in [-0.25, -0.2) is 23.1 Å². The molecule has 0 amide bonds. The van der Waals surface area contributed by atoms with E-state index in [1.54, 1.807) is 0 Å². The van der Waals surface area contributed by atoms with Gasteiger partial charge in [0.1, 0.15) is 0 Å². The molecule has 0 fully saturated rings. The Morgan fingerprint density at radius 3 is 1.29 bits per heavy atom. The molecule has 0 unspecified atom stereocenters. The van der Waals surface area contributed by atoms with Gasteiger partial charge in [-0.1, -0.05) is 62.2 Å². The van der Waals surface area contributed by atoms with Crippen molar-refractivity contribution in [2.45, 2.75) is 0 Å². The fourth-order valence-electron chi connectivity index (χ4n) is 2.81. The van der Waals surface area contributed by atoms with E-state index < -0.39 is 10.2 Å². The number of hydrogen-bond acceptors (Lipinski definition) is 4. The predicted octanol–water partition coefficient (Wildman–Crippen LogP) is 3.33. The van der Waals surface area contributed by atoms with E-state index in [4.69, 9.17) is 23.1 Å². The minimum absolute atomic E-state index is 0.844. The summed E-state index contributed by atoms with van der Waals surface area (Å²) in [7, 11) is -4.94. The maximum absolute atomic E-state index is 8.49. The van der Waals surface area contributed by atoms with E-state index in [0.29, 0.717) is 0 Å². The number of halogens is 3. The second-order valence-corrected chi connectivity index (χ2v) is 8.92. The van der Waals surface area contributed by atoms with Crippen LogP contribution < -0.4 is 18.6 Å². The molecular weight excluding hydrogens is 552 g/mol. The van der Waals surface area contributed by atoms with Gasteiger partial charge in [0.05, 0.1) is 23.3 Å². The van der Waals surface area contributed by atoms with Crippen LogP contribution in [0.5, 0.6) is 0 Å². The monoisotopic (exact) mass is 564 g/mol. The summed E-state index contributed by atoms with van der Waals surface area (Å²) in [5, 5.41) is 0. The van der Waals surface area contributed by atoms with Crippen LogP contribution in [0.2, 0.25) is 0 Å². The Morgan fingerprint density at radius 2 is 0.903 bits per heavy atom. The Bertz CT molecular complexity index is 1060. The lowest BCUT2D eigenvalue weighted by molar-refractivity contribution is -2.00. The van der Waals surface area contributed by atoms with Crippen LogP contribution in [0.25, 0.3) is 33.8 Å². The summed E-state index contributed by atoms with van der Waals surface area (Å²) < 4.78 is 42.3. The van der Waals surface area contributed by atoms with Crippen LogP contribution in [-0.4, -0.2) is 0 Å². The van der Waals surface area contributed by atoms with Gasteiger partial charge >= 0.3 is 11.5 Å². The minimum Gasteiger partial charge on any atom is -0.222 e. The molecule has 8 heteroatoms. The third-order valence-electron chi connectivity index (χ3n) is 4.16. The van der Waals surface area contributed by atoms with Crippen molar-refractivity contribution in [2.24, 2.45) is 0 Å². The zero-order valence-electron chi connectivity index (χ0n) is 15.8. The summed E-state index contributed by atoms with van der Waals surface area (Å²) in [4.78, 5) is 0. The fourth-order valence-corrected chi connectivity index (χ4v) is 3.34. The van der Waals surface area contributed by atoms with E-state index in [0.717, 1.165) is 37.2 Å². The highest BCUT2D eigenvalue weighted by Gasteiger charge is 2.20.